The van der Waals surface area contributed by atoms with Crippen molar-refractivity contribution in [1.29, 1.82) is 0 Å². The van der Waals surface area contributed by atoms with E-state index in [2.05, 4.69) is 22.4 Å². The van der Waals surface area contributed by atoms with Crippen LogP contribution < -0.4 is 5.32 Å². The van der Waals surface area contributed by atoms with Gasteiger partial charge in [-0.3, -0.25) is 0 Å². The number of ether oxygens (including phenoxy) is 1. The van der Waals surface area contributed by atoms with Crippen LogP contribution in [0.5, 0.6) is 0 Å². The van der Waals surface area contributed by atoms with Crippen LogP contribution in [0.3, 0.4) is 0 Å². The molecule has 1 aromatic heterocycles. The molecule has 1 N–H and O–H groups in total. The van der Waals surface area contributed by atoms with Crippen LogP contribution in [0.1, 0.15) is 44.3 Å². The lowest BCUT2D eigenvalue weighted by atomic mass is 9.82. The molecule has 0 spiro atoms. The Balaban J connectivity index is 1.92. The van der Waals surface area contributed by atoms with Crippen LogP contribution in [0.15, 0.2) is 4.52 Å². The molecule has 2 unspecified atom stereocenters. The van der Waals surface area contributed by atoms with E-state index in [0.29, 0.717) is 24.4 Å². The summed E-state index contributed by atoms with van der Waals surface area (Å²) in [5, 5.41) is 7.48. The average molecular weight is 253 g/mol. The molecule has 5 nitrogen and oxygen atoms in total. The molecule has 1 heterocycles. The predicted octanol–water partition coefficient (Wildman–Crippen LogP) is 1.93. The third-order valence-electron chi connectivity index (χ3n) is 3.60. The smallest absolute Gasteiger partial charge is 0.227 e. The van der Waals surface area contributed by atoms with Crippen molar-refractivity contribution in [3.63, 3.8) is 0 Å². The van der Waals surface area contributed by atoms with Crippen molar-refractivity contribution >= 4 is 0 Å². The van der Waals surface area contributed by atoms with Gasteiger partial charge in [0.1, 0.15) is 6.61 Å². The van der Waals surface area contributed by atoms with Gasteiger partial charge in [-0.05, 0) is 25.3 Å². The van der Waals surface area contributed by atoms with Gasteiger partial charge in [0.2, 0.25) is 5.89 Å². The second-order valence-electron chi connectivity index (χ2n) is 4.95. The van der Waals surface area contributed by atoms with E-state index in [1.54, 1.807) is 7.11 Å². The molecule has 0 aromatic carbocycles. The van der Waals surface area contributed by atoms with Crippen molar-refractivity contribution in [3.05, 3.63) is 11.7 Å². The number of hydrogen-bond acceptors (Lipinski definition) is 5. The molecule has 1 aromatic rings. The minimum atomic E-state index is 0.421. The van der Waals surface area contributed by atoms with Crippen molar-refractivity contribution in [1.82, 2.24) is 15.5 Å². The van der Waals surface area contributed by atoms with Crippen LogP contribution in [0, 0.1) is 5.92 Å². The van der Waals surface area contributed by atoms with Crippen molar-refractivity contribution in [2.24, 2.45) is 5.92 Å². The Morgan fingerprint density at radius 2 is 2.22 bits per heavy atom. The molecule has 18 heavy (non-hydrogen) atoms. The van der Waals surface area contributed by atoms with Gasteiger partial charge in [-0.15, -0.1) is 0 Å². The molecule has 1 aliphatic rings. The van der Waals surface area contributed by atoms with E-state index >= 15 is 0 Å². The van der Waals surface area contributed by atoms with E-state index in [0.717, 1.165) is 18.9 Å². The van der Waals surface area contributed by atoms with Gasteiger partial charge in [0.15, 0.2) is 5.82 Å². The van der Waals surface area contributed by atoms with E-state index in [1.807, 2.05) is 0 Å². The summed E-state index contributed by atoms with van der Waals surface area (Å²) in [6.45, 7) is 3.61. The van der Waals surface area contributed by atoms with Crippen LogP contribution in [-0.2, 0) is 17.8 Å². The molecule has 0 aliphatic heterocycles. The maximum absolute atomic E-state index is 5.28. The van der Waals surface area contributed by atoms with Crippen LogP contribution >= 0.6 is 0 Å². The van der Waals surface area contributed by atoms with Gasteiger partial charge in [0.25, 0.3) is 0 Å². The number of aromatic nitrogens is 2. The molecule has 1 fully saturated rings. The number of rotatable bonds is 6. The molecule has 0 radical (unpaired) electrons. The molecule has 2 atom stereocenters. The first-order chi connectivity index (χ1) is 8.83. The van der Waals surface area contributed by atoms with E-state index in [9.17, 15) is 0 Å². The first-order valence-corrected chi connectivity index (χ1v) is 6.87. The van der Waals surface area contributed by atoms with E-state index in [4.69, 9.17) is 9.26 Å². The van der Waals surface area contributed by atoms with E-state index in [-0.39, 0.29) is 0 Å². The second kappa shape index (κ2) is 6.85. The van der Waals surface area contributed by atoms with Gasteiger partial charge in [-0.1, -0.05) is 24.9 Å². The molecular weight excluding hydrogens is 230 g/mol. The van der Waals surface area contributed by atoms with Crippen molar-refractivity contribution in [2.75, 3.05) is 13.7 Å². The fourth-order valence-corrected chi connectivity index (χ4v) is 2.77. The highest BCUT2D eigenvalue weighted by Crippen LogP contribution is 2.27. The largest absolute Gasteiger partial charge is 0.377 e. The van der Waals surface area contributed by atoms with Gasteiger partial charge in [-0.25, -0.2) is 0 Å². The summed E-state index contributed by atoms with van der Waals surface area (Å²) in [7, 11) is 1.64. The van der Waals surface area contributed by atoms with Gasteiger partial charge < -0.3 is 14.6 Å². The van der Waals surface area contributed by atoms with Crippen LogP contribution in [0.4, 0.5) is 0 Å². The maximum atomic E-state index is 5.28. The van der Waals surface area contributed by atoms with E-state index in [1.165, 1.54) is 25.7 Å². The van der Waals surface area contributed by atoms with Crippen molar-refractivity contribution in [2.45, 2.75) is 51.7 Å². The standard InChI is InChI=1S/C13H23N3O2/c1-3-14-11-7-5-4-6-10(11)8-13-15-12(9-17-2)16-18-13/h10-11,14H,3-9H2,1-2H3. The lowest BCUT2D eigenvalue weighted by Crippen LogP contribution is -2.39. The molecule has 2 rings (SSSR count). The topological polar surface area (TPSA) is 60.2 Å². The quantitative estimate of drug-likeness (QED) is 0.839. The summed E-state index contributed by atoms with van der Waals surface area (Å²) < 4.78 is 10.3. The van der Waals surface area contributed by atoms with Gasteiger partial charge in [0.05, 0.1) is 0 Å². The second-order valence-corrected chi connectivity index (χ2v) is 4.95. The summed E-state index contributed by atoms with van der Waals surface area (Å²) in [4.78, 5) is 4.36. The Bertz CT molecular complexity index is 352. The number of nitrogens with one attached hydrogen (secondary N) is 1. The van der Waals surface area contributed by atoms with Crippen LogP contribution in [0.2, 0.25) is 0 Å². The Hall–Kier alpha value is -0.940. The van der Waals surface area contributed by atoms with Crippen molar-refractivity contribution in [3.8, 4) is 0 Å². The SMILES string of the molecule is CCNC1CCCCC1Cc1nc(COC)no1. The molecule has 102 valence electrons. The van der Waals surface area contributed by atoms with Crippen molar-refractivity contribution < 1.29 is 9.26 Å². The zero-order valence-electron chi connectivity index (χ0n) is 11.3. The molecule has 5 heteroatoms. The molecule has 0 amide bonds. The summed E-state index contributed by atoms with van der Waals surface area (Å²) in [6, 6.07) is 0.599. The predicted molar refractivity (Wildman–Crippen MR) is 68.1 cm³/mol. The van der Waals surface area contributed by atoms with Gasteiger partial charge >= 0.3 is 0 Å². The number of hydrogen-bond donors (Lipinski definition) is 1. The molecule has 0 saturated heterocycles. The number of methoxy groups -OCH3 is 1. The Morgan fingerprint density at radius 1 is 1.39 bits per heavy atom. The fraction of sp³-hybridized carbons (Fsp3) is 0.846. The fourth-order valence-electron chi connectivity index (χ4n) is 2.77. The van der Waals surface area contributed by atoms with Crippen LogP contribution in [-0.4, -0.2) is 29.8 Å². The van der Waals surface area contributed by atoms with Gasteiger partial charge in [-0.2, -0.15) is 4.98 Å². The van der Waals surface area contributed by atoms with Gasteiger partial charge in [0, 0.05) is 19.6 Å². The average Bonchev–Trinajstić information content (AvgIpc) is 2.80. The zero-order valence-corrected chi connectivity index (χ0v) is 11.3. The van der Waals surface area contributed by atoms with Crippen LogP contribution in [0.25, 0.3) is 0 Å². The normalized spacial score (nSPS) is 24.3. The zero-order chi connectivity index (χ0) is 12.8. The summed E-state index contributed by atoms with van der Waals surface area (Å²) in [5.74, 6) is 2.01. The third-order valence-corrected chi connectivity index (χ3v) is 3.60. The first kappa shape index (κ1) is 13.5. The number of nitrogens with zero attached hydrogens (tertiary/aromatic N) is 2. The first-order valence-electron chi connectivity index (χ1n) is 6.87. The lowest BCUT2D eigenvalue weighted by molar-refractivity contribution is 0.174. The maximum Gasteiger partial charge on any atom is 0.227 e. The molecule has 0 bridgehead atoms. The molecular formula is C13H23N3O2. The Kier molecular flexibility index (Phi) is 5.13. The Labute approximate surface area is 108 Å². The summed E-state index contributed by atoms with van der Waals surface area (Å²) in [6.07, 6.45) is 6.03. The highest BCUT2D eigenvalue weighted by atomic mass is 16.5. The lowest BCUT2D eigenvalue weighted by Gasteiger charge is -2.31. The molecule has 1 aliphatic carbocycles. The molecule has 1 saturated carbocycles. The third kappa shape index (κ3) is 3.53. The summed E-state index contributed by atoms with van der Waals surface area (Å²) >= 11 is 0. The highest BCUT2D eigenvalue weighted by Gasteiger charge is 2.26. The monoisotopic (exact) mass is 253 g/mol. The van der Waals surface area contributed by atoms with E-state index < -0.39 is 0 Å². The minimum Gasteiger partial charge on any atom is -0.377 e. The minimum absolute atomic E-state index is 0.421. The Morgan fingerprint density at radius 3 is 3.00 bits per heavy atom. The summed E-state index contributed by atoms with van der Waals surface area (Å²) in [5.41, 5.74) is 0. The highest BCUT2D eigenvalue weighted by molar-refractivity contribution is 4.91.